The van der Waals surface area contributed by atoms with Gasteiger partial charge in [0.15, 0.2) is 5.71 Å². The van der Waals surface area contributed by atoms with Crippen LogP contribution in [-0.2, 0) is 54.8 Å². The van der Waals surface area contributed by atoms with E-state index in [0.717, 1.165) is 28.3 Å². The third-order valence-corrected chi connectivity index (χ3v) is 11.9. The number of carboxylic acids is 1. The molecule has 0 bridgehead atoms. The van der Waals surface area contributed by atoms with E-state index in [4.69, 9.17) is 24.1 Å². The minimum absolute atomic E-state index is 0.0618. The second-order valence-corrected chi connectivity index (χ2v) is 17.0. The number of nitrogens with zero attached hydrogens (tertiary/aromatic N) is 2. The van der Waals surface area contributed by atoms with Crippen molar-refractivity contribution in [3.63, 3.8) is 0 Å². The molecule has 2 aromatic carbocycles. The normalized spacial score (nSPS) is 18.8. The van der Waals surface area contributed by atoms with E-state index >= 15 is 0 Å². The Balaban J connectivity index is 1.68. The SMILES string of the molecule is CCN1/C(=C/C=C/C2=[N+](CCCCCC(=O)O)c3ccc(S(=O)(=O)O)cc3C2(C)CCOCCOCCOCCOC)C(C)(C)c2cc(S(=O)(=O)[O-])ccc21. The van der Waals surface area contributed by atoms with Crippen LogP contribution in [0.15, 0.2) is 70.1 Å². The Morgan fingerprint density at radius 3 is 2.09 bits per heavy atom. The van der Waals surface area contributed by atoms with Crippen molar-refractivity contribution in [3.8, 4) is 0 Å². The lowest BCUT2D eigenvalue weighted by atomic mass is 9.76. The Morgan fingerprint density at radius 1 is 0.873 bits per heavy atom. The Bertz CT molecular complexity index is 1990. The molecule has 1 unspecified atom stereocenters. The lowest BCUT2D eigenvalue weighted by Crippen LogP contribution is -2.33. The van der Waals surface area contributed by atoms with Crippen LogP contribution in [0, 0.1) is 0 Å². The summed E-state index contributed by atoms with van der Waals surface area (Å²) in [5.41, 5.74) is 3.32. The summed E-state index contributed by atoms with van der Waals surface area (Å²) in [4.78, 5) is 12.7. The van der Waals surface area contributed by atoms with Gasteiger partial charge in [-0.05, 0) is 75.1 Å². The monoisotopic (exact) mass is 806 g/mol. The van der Waals surface area contributed by atoms with Crippen molar-refractivity contribution in [2.24, 2.45) is 0 Å². The summed E-state index contributed by atoms with van der Waals surface area (Å²) in [5, 5.41) is 9.15. The van der Waals surface area contributed by atoms with Crippen LogP contribution in [0.3, 0.4) is 0 Å². The fraction of sp³-hybridized carbons (Fsp3) is 0.538. The van der Waals surface area contributed by atoms with Crippen LogP contribution in [0.25, 0.3) is 0 Å². The first-order valence-electron chi connectivity index (χ1n) is 18.4. The lowest BCUT2D eigenvalue weighted by molar-refractivity contribution is -0.438. The fourth-order valence-electron chi connectivity index (χ4n) is 7.26. The number of unbranched alkanes of at least 4 members (excludes halogenated alkanes) is 2. The van der Waals surface area contributed by atoms with Gasteiger partial charge in [0, 0.05) is 67.6 Å². The molecular weight excluding hydrogens is 753 g/mol. The molecule has 0 saturated heterocycles. The number of likely N-dealkylation sites (N-methyl/N-ethyl adjacent to an activating group) is 1. The molecule has 2 aliphatic rings. The van der Waals surface area contributed by atoms with E-state index in [0.29, 0.717) is 90.6 Å². The standard InChI is InChI=1S/C39H54N2O12S2/c1-6-40-33-16-14-29(54(44,45)46)27-31(33)38(2,3)35(40)11-10-12-36-39(4,18-20-51-23-24-53-26-25-52-22-21-50-5)32-28-30(55(47,48)49)15-17-34(32)41(36)19-9-7-8-13-37(42)43/h10-12,14-17,27-28H,6-9,13,18-26H2,1-5H3,(H2-,42,43,44,45,46,47,48,49). The smallest absolute Gasteiger partial charge is 0.303 e. The van der Waals surface area contributed by atoms with Crippen molar-refractivity contribution in [2.75, 3.05) is 71.3 Å². The molecule has 0 saturated carbocycles. The Kier molecular flexibility index (Phi) is 15.4. The molecule has 0 amide bonds. The highest BCUT2D eigenvalue weighted by molar-refractivity contribution is 7.86. The molecule has 0 fully saturated rings. The Hall–Kier alpha value is -3.48. The lowest BCUT2D eigenvalue weighted by Gasteiger charge is -2.26. The third kappa shape index (κ3) is 10.9. The number of methoxy groups -OCH3 is 1. The van der Waals surface area contributed by atoms with Crippen molar-refractivity contribution in [1.29, 1.82) is 0 Å². The first-order chi connectivity index (χ1) is 26.0. The molecule has 0 aromatic heterocycles. The van der Waals surface area contributed by atoms with Crippen LogP contribution in [0.5, 0.6) is 0 Å². The highest BCUT2D eigenvalue weighted by Gasteiger charge is 2.48. The topological polar surface area (TPSA) is 192 Å². The molecule has 16 heteroatoms. The second-order valence-electron chi connectivity index (χ2n) is 14.2. The number of carbonyl (C=O) groups is 1. The zero-order valence-corrected chi connectivity index (χ0v) is 33.9. The first kappa shape index (κ1) is 44.2. The van der Waals surface area contributed by atoms with Gasteiger partial charge in [-0.3, -0.25) is 9.35 Å². The minimum Gasteiger partial charge on any atom is -0.744 e. The number of benzene rings is 2. The molecule has 0 radical (unpaired) electrons. The quantitative estimate of drug-likeness (QED) is 0.0849. The summed E-state index contributed by atoms with van der Waals surface area (Å²) < 4.78 is 94.5. The van der Waals surface area contributed by atoms with E-state index in [2.05, 4.69) is 9.48 Å². The van der Waals surface area contributed by atoms with Gasteiger partial charge in [0.1, 0.15) is 16.7 Å². The molecule has 55 heavy (non-hydrogen) atoms. The molecule has 1 atom stereocenters. The maximum absolute atomic E-state index is 12.3. The molecule has 0 spiro atoms. The number of ether oxygens (including phenoxy) is 4. The molecule has 2 heterocycles. The fourth-order valence-corrected chi connectivity index (χ4v) is 8.26. The zero-order valence-electron chi connectivity index (χ0n) is 32.3. The predicted molar refractivity (Wildman–Crippen MR) is 206 cm³/mol. The van der Waals surface area contributed by atoms with Crippen molar-refractivity contribution >= 4 is 43.3 Å². The summed E-state index contributed by atoms with van der Waals surface area (Å²) >= 11 is 0. The number of carboxylic acid groups (broad SMARTS) is 1. The summed E-state index contributed by atoms with van der Waals surface area (Å²) in [6, 6.07) is 9.01. The van der Waals surface area contributed by atoms with Crippen molar-refractivity contribution in [1.82, 2.24) is 0 Å². The average Bonchev–Trinajstić information content (AvgIpc) is 3.48. The van der Waals surface area contributed by atoms with Gasteiger partial charge in [0.2, 0.25) is 5.69 Å². The highest BCUT2D eigenvalue weighted by atomic mass is 32.2. The molecule has 4 rings (SSSR count). The van der Waals surface area contributed by atoms with Gasteiger partial charge in [-0.1, -0.05) is 19.9 Å². The third-order valence-electron chi connectivity index (χ3n) is 10.2. The van der Waals surface area contributed by atoms with Gasteiger partial charge in [-0.2, -0.15) is 13.0 Å². The van der Waals surface area contributed by atoms with Crippen molar-refractivity contribution in [3.05, 3.63) is 71.5 Å². The maximum Gasteiger partial charge on any atom is 0.303 e. The maximum atomic E-state index is 12.3. The summed E-state index contributed by atoms with van der Waals surface area (Å²) in [6.07, 6.45) is 8.22. The van der Waals surface area contributed by atoms with E-state index in [1.165, 1.54) is 24.3 Å². The number of allylic oxidation sites excluding steroid dienone is 4. The van der Waals surface area contributed by atoms with Gasteiger partial charge >= 0.3 is 5.97 Å². The van der Waals surface area contributed by atoms with Gasteiger partial charge in [-0.25, -0.2) is 8.42 Å². The van der Waals surface area contributed by atoms with Crippen molar-refractivity contribution < 1.29 is 59.4 Å². The molecule has 2 N–H and O–H groups in total. The summed E-state index contributed by atoms with van der Waals surface area (Å²) in [5.74, 6) is -0.857. The first-order valence-corrected chi connectivity index (χ1v) is 21.3. The molecule has 304 valence electrons. The van der Waals surface area contributed by atoms with Crippen molar-refractivity contribution in [2.45, 2.75) is 80.4 Å². The van der Waals surface area contributed by atoms with Gasteiger partial charge in [0.05, 0.1) is 54.8 Å². The molecule has 2 aliphatic heterocycles. The molecular formula is C39H54N2O12S2. The second kappa shape index (κ2) is 19.1. The van der Waals surface area contributed by atoms with Crippen LogP contribution in [0.1, 0.15) is 70.9 Å². The van der Waals surface area contributed by atoms with Crippen LogP contribution in [0.2, 0.25) is 0 Å². The zero-order chi connectivity index (χ0) is 40.4. The molecule has 14 nitrogen and oxygen atoms in total. The van der Waals surface area contributed by atoms with Gasteiger partial charge in [-0.15, -0.1) is 0 Å². The number of fused-ring (bicyclic) bond motifs is 2. The van der Waals surface area contributed by atoms with Crippen LogP contribution in [-0.4, -0.2) is 114 Å². The number of aliphatic carboxylic acids is 1. The summed E-state index contributed by atoms with van der Waals surface area (Å²) in [6.45, 7) is 11.9. The number of rotatable bonds is 23. The summed E-state index contributed by atoms with van der Waals surface area (Å²) in [7, 11) is -7.57. The van der Waals surface area contributed by atoms with E-state index in [9.17, 15) is 30.7 Å². The Morgan fingerprint density at radius 2 is 1.49 bits per heavy atom. The minimum atomic E-state index is -4.66. The largest absolute Gasteiger partial charge is 0.744 e. The number of hydrogen-bond donors (Lipinski definition) is 2. The molecule has 0 aliphatic carbocycles. The van der Waals surface area contributed by atoms with Crippen LogP contribution in [0.4, 0.5) is 11.4 Å². The highest BCUT2D eigenvalue weighted by Crippen LogP contribution is 2.49. The number of hydrogen-bond acceptors (Lipinski definition) is 11. The average molecular weight is 807 g/mol. The number of anilines is 1. The Labute approximate surface area is 324 Å². The van der Waals surface area contributed by atoms with E-state index in [1.807, 2.05) is 45.9 Å². The van der Waals surface area contributed by atoms with E-state index in [-0.39, 0.29) is 16.2 Å². The molecule has 2 aromatic rings. The predicted octanol–water partition coefficient (Wildman–Crippen LogP) is 5.18. The van der Waals surface area contributed by atoms with Crippen LogP contribution >= 0.6 is 0 Å². The van der Waals surface area contributed by atoms with Gasteiger partial charge in [0.25, 0.3) is 10.1 Å². The van der Waals surface area contributed by atoms with Crippen LogP contribution < -0.4 is 4.90 Å². The van der Waals surface area contributed by atoms with E-state index < -0.39 is 37.0 Å². The van der Waals surface area contributed by atoms with E-state index in [1.54, 1.807) is 19.2 Å². The van der Waals surface area contributed by atoms with Gasteiger partial charge < -0.3 is 33.5 Å².